The SMILES string of the molecule is CNC1CCCN(C(=O)c2cc(-c3ccccc3)ccc2Cl)C1.Cl. The average Bonchev–Trinajstić information content (AvgIpc) is 2.62. The van der Waals surface area contributed by atoms with Crippen molar-refractivity contribution in [1.82, 2.24) is 10.2 Å². The molecule has 1 fully saturated rings. The van der Waals surface area contributed by atoms with E-state index in [4.69, 9.17) is 11.6 Å². The van der Waals surface area contributed by atoms with Gasteiger partial charge in [-0.1, -0.05) is 48.0 Å². The first kappa shape index (κ1) is 18.8. The number of benzene rings is 2. The lowest BCUT2D eigenvalue weighted by molar-refractivity contribution is 0.0698. The lowest BCUT2D eigenvalue weighted by atomic mass is 10.0. The Balaban J connectivity index is 0.00000208. The highest BCUT2D eigenvalue weighted by atomic mass is 35.5. The predicted octanol–water partition coefficient (Wildman–Crippen LogP) is 4.25. The molecule has 3 rings (SSSR count). The second kappa shape index (κ2) is 8.52. The Bertz CT molecular complexity index is 691. The van der Waals surface area contributed by atoms with Crippen LogP contribution in [0.3, 0.4) is 0 Å². The molecular weight excluding hydrogens is 343 g/mol. The van der Waals surface area contributed by atoms with Crippen LogP contribution in [0.1, 0.15) is 23.2 Å². The van der Waals surface area contributed by atoms with Crippen molar-refractivity contribution in [3.63, 3.8) is 0 Å². The van der Waals surface area contributed by atoms with Crippen molar-refractivity contribution in [2.75, 3.05) is 20.1 Å². The molecule has 24 heavy (non-hydrogen) atoms. The third-order valence-corrected chi connectivity index (χ3v) is 4.75. The Hall–Kier alpha value is -1.55. The summed E-state index contributed by atoms with van der Waals surface area (Å²) in [6.07, 6.45) is 2.13. The highest BCUT2D eigenvalue weighted by molar-refractivity contribution is 6.34. The van der Waals surface area contributed by atoms with Gasteiger partial charge in [-0.3, -0.25) is 4.79 Å². The third kappa shape index (κ3) is 4.10. The number of hydrogen-bond acceptors (Lipinski definition) is 2. The number of likely N-dealkylation sites (tertiary alicyclic amines) is 1. The molecule has 1 atom stereocenters. The van der Waals surface area contributed by atoms with E-state index in [2.05, 4.69) is 5.32 Å². The van der Waals surface area contributed by atoms with Gasteiger partial charge in [-0.05, 0) is 43.1 Å². The van der Waals surface area contributed by atoms with Gasteiger partial charge in [0.25, 0.3) is 5.91 Å². The van der Waals surface area contributed by atoms with Gasteiger partial charge in [0, 0.05) is 19.1 Å². The standard InChI is InChI=1S/C19H21ClN2O.ClH/c1-21-16-8-5-11-22(13-16)19(23)17-12-15(9-10-18(17)20)14-6-3-2-4-7-14;/h2-4,6-7,9-10,12,16,21H,5,8,11,13H2,1H3;1H. The molecule has 5 heteroatoms. The summed E-state index contributed by atoms with van der Waals surface area (Å²) in [6.45, 7) is 1.53. The summed E-state index contributed by atoms with van der Waals surface area (Å²) >= 11 is 6.30. The van der Waals surface area contributed by atoms with Crippen molar-refractivity contribution < 1.29 is 4.79 Å². The van der Waals surface area contributed by atoms with Crippen LogP contribution in [-0.2, 0) is 0 Å². The van der Waals surface area contributed by atoms with Gasteiger partial charge in [-0.15, -0.1) is 12.4 Å². The van der Waals surface area contributed by atoms with E-state index in [1.165, 1.54) is 0 Å². The summed E-state index contributed by atoms with van der Waals surface area (Å²) in [7, 11) is 1.95. The summed E-state index contributed by atoms with van der Waals surface area (Å²) in [5.74, 6) is 0.0210. The normalized spacial score (nSPS) is 17.2. The van der Waals surface area contributed by atoms with Crippen LogP contribution >= 0.6 is 24.0 Å². The van der Waals surface area contributed by atoms with Crippen LogP contribution in [0.4, 0.5) is 0 Å². The summed E-state index contributed by atoms with van der Waals surface area (Å²) in [4.78, 5) is 14.8. The maximum absolute atomic E-state index is 12.9. The minimum Gasteiger partial charge on any atom is -0.337 e. The smallest absolute Gasteiger partial charge is 0.255 e. The van der Waals surface area contributed by atoms with E-state index in [-0.39, 0.29) is 18.3 Å². The zero-order chi connectivity index (χ0) is 16.2. The first-order valence-corrected chi connectivity index (χ1v) is 8.38. The summed E-state index contributed by atoms with van der Waals surface area (Å²) in [5, 5.41) is 3.78. The Kier molecular flexibility index (Phi) is 6.67. The molecule has 0 aromatic heterocycles. The topological polar surface area (TPSA) is 32.3 Å². The van der Waals surface area contributed by atoms with Crippen molar-refractivity contribution in [2.24, 2.45) is 0 Å². The number of nitrogens with one attached hydrogen (secondary N) is 1. The number of piperidine rings is 1. The number of amides is 1. The zero-order valence-corrected chi connectivity index (χ0v) is 15.2. The van der Waals surface area contributed by atoms with E-state index in [0.717, 1.165) is 37.1 Å². The molecule has 1 unspecified atom stereocenters. The molecule has 1 amide bonds. The van der Waals surface area contributed by atoms with Crippen LogP contribution in [0.25, 0.3) is 11.1 Å². The lowest BCUT2D eigenvalue weighted by Crippen LogP contribution is -2.47. The summed E-state index contributed by atoms with van der Waals surface area (Å²) in [6, 6.07) is 16.1. The first-order chi connectivity index (χ1) is 11.2. The molecular formula is C19H22Cl2N2O. The van der Waals surface area contributed by atoms with E-state index >= 15 is 0 Å². The van der Waals surface area contributed by atoms with Gasteiger partial charge < -0.3 is 10.2 Å². The van der Waals surface area contributed by atoms with E-state index in [1.807, 2.05) is 60.5 Å². The molecule has 0 aliphatic carbocycles. The van der Waals surface area contributed by atoms with Crippen LogP contribution in [0, 0.1) is 0 Å². The molecule has 1 N–H and O–H groups in total. The highest BCUT2D eigenvalue weighted by Gasteiger charge is 2.25. The third-order valence-electron chi connectivity index (χ3n) is 4.42. The molecule has 2 aromatic carbocycles. The van der Waals surface area contributed by atoms with Gasteiger partial charge in [-0.25, -0.2) is 0 Å². The number of likely N-dealkylation sites (N-methyl/N-ethyl adjacent to an activating group) is 1. The van der Waals surface area contributed by atoms with Crippen LogP contribution in [0.15, 0.2) is 48.5 Å². The fourth-order valence-corrected chi connectivity index (χ4v) is 3.27. The number of halogens is 2. The number of carbonyl (C=O) groups excluding carboxylic acids is 1. The van der Waals surface area contributed by atoms with Crippen LogP contribution in [0.2, 0.25) is 5.02 Å². The molecule has 128 valence electrons. The zero-order valence-electron chi connectivity index (χ0n) is 13.7. The Morgan fingerprint density at radius 2 is 1.92 bits per heavy atom. The van der Waals surface area contributed by atoms with E-state index in [0.29, 0.717) is 16.6 Å². The largest absolute Gasteiger partial charge is 0.337 e. The van der Waals surface area contributed by atoms with Crippen molar-refractivity contribution >= 4 is 29.9 Å². The van der Waals surface area contributed by atoms with Crippen LogP contribution in [0.5, 0.6) is 0 Å². The highest BCUT2D eigenvalue weighted by Crippen LogP contribution is 2.27. The fourth-order valence-electron chi connectivity index (χ4n) is 3.07. The second-order valence-corrected chi connectivity index (χ2v) is 6.35. The maximum atomic E-state index is 12.9. The summed E-state index contributed by atoms with van der Waals surface area (Å²) < 4.78 is 0. The van der Waals surface area contributed by atoms with Crippen molar-refractivity contribution in [2.45, 2.75) is 18.9 Å². The molecule has 0 spiro atoms. The monoisotopic (exact) mass is 364 g/mol. The number of carbonyl (C=O) groups is 1. The lowest BCUT2D eigenvalue weighted by Gasteiger charge is -2.32. The van der Waals surface area contributed by atoms with E-state index < -0.39 is 0 Å². The molecule has 2 aromatic rings. The van der Waals surface area contributed by atoms with Crippen molar-refractivity contribution in [1.29, 1.82) is 0 Å². The van der Waals surface area contributed by atoms with Gasteiger partial charge >= 0.3 is 0 Å². The number of nitrogens with zero attached hydrogens (tertiary/aromatic N) is 1. The second-order valence-electron chi connectivity index (χ2n) is 5.94. The number of rotatable bonds is 3. The minimum atomic E-state index is 0. The quantitative estimate of drug-likeness (QED) is 0.882. The van der Waals surface area contributed by atoms with Gasteiger partial charge in [0.1, 0.15) is 0 Å². The number of hydrogen-bond donors (Lipinski definition) is 1. The first-order valence-electron chi connectivity index (χ1n) is 8.00. The molecule has 1 saturated heterocycles. The molecule has 0 saturated carbocycles. The van der Waals surface area contributed by atoms with Gasteiger partial charge in [0.05, 0.1) is 10.6 Å². The van der Waals surface area contributed by atoms with E-state index in [9.17, 15) is 4.79 Å². The average molecular weight is 365 g/mol. The molecule has 1 heterocycles. The molecule has 1 aliphatic rings. The van der Waals surface area contributed by atoms with Gasteiger partial charge in [0.2, 0.25) is 0 Å². The van der Waals surface area contributed by atoms with E-state index in [1.54, 1.807) is 0 Å². The van der Waals surface area contributed by atoms with Crippen LogP contribution < -0.4 is 5.32 Å². The maximum Gasteiger partial charge on any atom is 0.255 e. The van der Waals surface area contributed by atoms with Gasteiger partial charge in [-0.2, -0.15) is 0 Å². The van der Waals surface area contributed by atoms with Gasteiger partial charge in [0.15, 0.2) is 0 Å². The molecule has 1 aliphatic heterocycles. The Morgan fingerprint density at radius 1 is 1.17 bits per heavy atom. The Morgan fingerprint density at radius 3 is 2.62 bits per heavy atom. The fraction of sp³-hybridized carbons (Fsp3) is 0.316. The van der Waals surface area contributed by atoms with Crippen molar-refractivity contribution in [3.8, 4) is 11.1 Å². The van der Waals surface area contributed by atoms with Crippen molar-refractivity contribution in [3.05, 3.63) is 59.1 Å². The molecule has 3 nitrogen and oxygen atoms in total. The van der Waals surface area contributed by atoms with Crippen LogP contribution in [-0.4, -0.2) is 37.0 Å². The molecule has 0 bridgehead atoms. The Labute approximate surface area is 154 Å². The minimum absolute atomic E-state index is 0. The summed E-state index contributed by atoms with van der Waals surface area (Å²) in [5.41, 5.74) is 2.69. The molecule has 0 radical (unpaired) electrons. The predicted molar refractivity (Wildman–Crippen MR) is 102 cm³/mol.